The normalized spacial score (nSPS) is 14.3. The second kappa shape index (κ2) is 5.94. The van der Waals surface area contributed by atoms with E-state index in [0.29, 0.717) is 18.0 Å². The van der Waals surface area contributed by atoms with E-state index in [2.05, 4.69) is 26.9 Å². The summed E-state index contributed by atoms with van der Waals surface area (Å²) in [6, 6.07) is 0. The first-order chi connectivity index (χ1) is 10.6. The Bertz CT molecular complexity index is 681. The summed E-state index contributed by atoms with van der Waals surface area (Å²) >= 11 is 0. The average molecular weight is 301 g/mol. The highest BCUT2D eigenvalue weighted by Gasteiger charge is 2.28. The van der Waals surface area contributed by atoms with Crippen molar-refractivity contribution in [3.05, 3.63) is 35.2 Å². The van der Waals surface area contributed by atoms with Gasteiger partial charge >= 0.3 is 0 Å². The van der Waals surface area contributed by atoms with Crippen molar-refractivity contribution in [3.8, 4) is 0 Å². The lowest BCUT2D eigenvalue weighted by atomic mass is 10.2. The number of aryl methyl sites for hydroxylation is 2. The highest BCUT2D eigenvalue weighted by molar-refractivity contribution is 5.94. The van der Waals surface area contributed by atoms with Crippen LogP contribution in [0.5, 0.6) is 0 Å². The minimum atomic E-state index is -0.0528. The first-order valence-corrected chi connectivity index (χ1v) is 7.94. The molecule has 1 aliphatic rings. The molecule has 3 rings (SSSR count). The summed E-state index contributed by atoms with van der Waals surface area (Å²) in [6.07, 6.45) is 6.04. The van der Waals surface area contributed by atoms with Crippen LogP contribution in [0.2, 0.25) is 0 Å². The molecule has 1 fully saturated rings. The van der Waals surface area contributed by atoms with Crippen LogP contribution in [0.1, 0.15) is 53.3 Å². The van der Waals surface area contributed by atoms with Gasteiger partial charge in [-0.15, -0.1) is 0 Å². The number of carbonyl (C=O) groups is 1. The van der Waals surface area contributed by atoms with Crippen molar-refractivity contribution < 1.29 is 4.79 Å². The summed E-state index contributed by atoms with van der Waals surface area (Å²) in [6.45, 7) is 8.16. The van der Waals surface area contributed by atoms with Gasteiger partial charge in [0.05, 0.1) is 11.8 Å². The SMILES string of the molecule is CCn1ncc(C(=O)NCCn2c(C)cnc2C2CC2)c1C. The van der Waals surface area contributed by atoms with Gasteiger partial charge in [0, 0.05) is 43.1 Å². The Morgan fingerprint density at radius 3 is 2.77 bits per heavy atom. The van der Waals surface area contributed by atoms with Crippen LogP contribution in [0.4, 0.5) is 0 Å². The number of nitrogens with one attached hydrogen (secondary N) is 1. The molecule has 0 saturated heterocycles. The van der Waals surface area contributed by atoms with Crippen molar-refractivity contribution in [2.24, 2.45) is 0 Å². The maximum atomic E-state index is 12.2. The van der Waals surface area contributed by atoms with Crippen LogP contribution < -0.4 is 5.32 Å². The predicted octanol–water partition coefficient (Wildman–Crippen LogP) is 2.02. The molecule has 0 aromatic carbocycles. The van der Waals surface area contributed by atoms with Gasteiger partial charge in [-0.3, -0.25) is 9.48 Å². The number of aromatic nitrogens is 4. The molecule has 1 N–H and O–H groups in total. The molecule has 118 valence electrons. The second-order valence-electron chi connectivity index (χ2n) is 5.90. The molecule has 0 spiro atoms. The highest BCUT2D eigenvalue weighted by Crippen LogP contribution is 2.39. The maximum Gasteiger partial charge on any atom is 0.254 e. The Labute approximate surface area is 130 Å². The number of hydrogen-bond donors (Lipinski definition) is 1. The summed E-state index contributed by atoms with van der Waals surface area (Å²) in [4.78, 5) is 16.7. The predicted molar refractivity (Wildman–Crippen MR) is 83.9 cm³/mol. The molecule has 0 bridgehead atoms. The van der Waals surface area contributed by atoms with Gasteiger partial charge in [-0.2, -0.15) is 5.10 Å². The molecule has 1 aliphatic carbocycles. The van der Waals surface area contributed by atoms with E-state index in [0.717, 1.165) is 24.5 Å². The molecule has 6 heteroatoms. The average Bonchev–Trinajstić information content (AvgIpc) is 3.19. The Morgan fingerprint density at radius 1 is 1.36 bits per heavy atom. The summed E-state index contributed by atoms with van der Waals surface area (Å²) in [5.41, 5.74) is 2.73. The van der Waals surface area contributed by atoms with Crippen LogP contribution in [-0.4, -0.2) is 31.8 Å². The third-order valence-corrected chi connectivity index (χ3v) is 4.30. The molecular weight excluding hydrogens is 278 g/mol. The highest BCUT2D eigenvalue weighted by atomic mass is 16.1. The van der Waals surface area contributed by atoms with Gasteiger partial charge in [-0.1, -0.05) is 0 Å². The van der Waals surface area contributed by atoms with Gasteiger partial charge in [0.25, 0.3) is 5.91 Å². The van der Waals surface area contributed by atoms with Crippen LogP contribution in [0.15, 0.2) is 12.4 Å². The van der Waals surface area contributed by atoms with Crippen molar-refractivity contribution in [2.75, 3.05) is 6.54 Å². The lowest BCUT2D eigenvalue weighted by molar-refractivity contribution is 0.0951. The lowest BCUT2D eigenvalue weighted by Gasteiger charge is -2.10. The Morgan fingerprint density at radius 2 is 2.14 bits per heavy atom. The smallest absolute Gasteiger partial charge is 0.254 e. The number of amides is 1. The van der Waals surface area contributed by atoms with E-state index in [9.17, 15) is 4.79 Å². The van der Waals surface area contributed by atoms with Crippen LogP contribution >= 0.6 is 0 Å². The molecule has 2 heterocycles. The Balaban J connectivity index is 1.60. The molecule has 2 aromatic heterocycles. The van der Waals surface area contributed by atoms with E-state index in [-0.39, 0.29) is 5.91 Å². The molecule has 6 nitrogen and oxygen atoms in total. The Kier molecular flexibility index (Phi) is 4.00. The number of imidazole rings is 1. The van der Waals surface area contributed by atoms with E-state index in [1.165, 1.54) is 18.7 Å². The van der Waals surface area contributed by atoms with Crippen molar-refractivity contribution in [1.82, 2.24) is 24.6 Å². The number of nitrogens with zero attached hydrogens (tertiary/aromatic N) is 4. The lowest BCUT2D eigenvalue weighted by Crippen LogP contribution is -2.28. The second-order valence-corrected chi connectivity index (χ2v) is 5.90. The van der Waals surface area contributed by atoms with Gasteiger partial charge < -0.3 is 9.88 Å². The van der Waals surface area contributed by atoms with E-state index in [4.69, 9.17) is 0 Å². The zero-order chi connectivity index (χ0) is 15.7. The molecule has 22 heavy (non-hydrogen) atoms. The van der Waals surface area contributed by atoms with Crippen molar-refractivity contribution in [2.45, 2.75) is 52.6 Å². The largest absolute Gasteiger partial charge is 0.350 e. The molecule has 0 aliphatic heterocycles. The van der Waals surface area contributed by atoms with Crippen molar-refractivity contribution in [1.29, 1.82) is 0 Å². The Hall–Kier alpha value is -2.11. The van der Waals surface area contributed by atoms with Crippen molar-refractivity contribution >= 4 is 5.91 Å². The molecule has 2 aromatic rings. The number of carbonyl (C=O) groups excluding carboxylic acids is 1. The zero-order valence-corrected chi connectivity index (χ0v) is 13.5. The van der Waals surface area contributed by atoms with Gasteiger partial charge in [0.15, 0.2) is 0 Å². The van der Waals surface area contributed by atoms with Crippen LogP contribution in [0, 0.1) is 13.8 Å². The third-order valence-electron chi connectivity index (χ3n) is 4.30. The van der Waals surface area contributed by atoms with Gasteiger partial charge in [-0.25, -0.2) is 4.98 Å². The van der Waals surface area contributed by atoms with Crippen LogP contribution in [-0.2, 0) is 13.1 Å². The molecule has 0 unspecified atom stereocenters. The molecule has 1 saturated carbocycles. The summed E-state index contributed by atoms with van der Waals surface area (Å²) in [5.74, 6) is 1.74. The standard InChI is InChI=1S/C16H23N5O/c1-4-21-12(3)14(10-19-21)16(22)17-7-8-20-11(2)9-18-15(20)13-5-6-13/h9-10,13H,4-8H2,1-3H3,(H,17,22). The van der Waals surface area contributed by atoms with E-state index < -0.39 is 0 Å². The number of rotatable bonds is 6. The maximum absolute atomic E-state index is 12.2. The fraction of sp³-hybridized carbons (Fsp3) is 0.562. The van der Waals surface area contributed by atoms with Crippen molar-refractivity contribution in [3.63, 3.8) is 0 Å². The van der Waals surface area contributed by atoms with E-state index >= 15 is 0 Å². The summed E-state index contributed by atoms with van der Waals surface area (Å²) < 4.78 is 4.06. The zero-order valence-electron chi connectivity index (χ0n) is 13.5. The molecular formula is C16H23N5O. The van der Waals surface area contributed by atoms with Gasteiger partial charge in [-0.05, 0) is 33.6 Å². The first-order valence-electron chi connectivity index (χ1n) is 7.94. The molecule has 1 amide bonds. The topological polar surface area (TPSA) is 64.7 Å². The van der Waals surface area contributed by atoms with Crippen LogP contribution in [0.25, 0.3) is 0 Å². The molecule has 0 atom stereocenters. The van der Waals surface area contributed by atoms with Gasteiger partial charge in [0.2, 0.25) is 0 Å². The first kappa shape index (κ1) is 14.8. The fourth-order valence-corrected chi connectivity index (χ4v) is 2.80. The minimum Gasteiger partial charge on any atom is -0.350 e. The quantitative estimate of drug-likeness (QED) is 0.888. The minimum absolute atomic E-state index is 0.0528. The van der Waals surface area contributed by atoms with E-state index in [1.807, 2.05) is 24.7 Å². The van der Waals surface area contributed by atoms with Crippen LogP contribution in [0.3, 0.4) is 0 Å². The fourth-order valence-electron chi connectivity index (χ4n) is 2.80. The summed E-state index contributed by atoms with van der Waals surface area (Å²) in [7, 11) is 0. The van der Waals surface area contributed by atoms with E-state index in [1.54, 1.807) is 6.20 Å². The third kappa shape index (κ3) is 2.77. The molecule has 0 radical (unpaired) electrons. The monoisotopic (exact) mass is 301 g/mol. The van der Waals surface area contributed by atoms with Gasteiger partial charge in [0.1, 0.15) is 5.82 Å². The summed E-state index contributed by atoms with van der Waals surface area (Å²) in [5, 5.41) is 7.20. The number of hydrogen-bond acceptors (Lipinski definition) is 3.